The molecule has 0 N–H and O–H groups in total. The molecule has 0 bridgehead atoms. The fourth-order valence-electron chi connectivity index (χ4n) is 4.07. The molecule has 1 atom stereocenters. The maximum atomic E-state index is 3.81. The quantitative estimate of drug-likeness (QED) is 0.355. The van der Waals surface area contributed by atoms with Crippen LogP contribution in [0.25, 0.3) is 11.1 Å². The molecule has 0 spiro atoms. The first-order valence-electron chi connectivity index (χ1n) is 10.1. The largest absolute Gasteiger partial charge is 0.103 e. The first kappa shape index (κ1) is 18.0. The normalized spacial score (nSPS) is 16.4. The lowest BCUT2D eigenvalue weighted by Gasteiger charge is -2.25. The highest BCUT2D eigenvalue weighted by Gasteiger charge is 2.18. The minimum atomic E-state index is 0.911. The van der Waals surface area contributed by atoms with Crippen LogP contribution in [0.4, 0.5) is 0 Å². The predicted molar refractivity (Wildman–Crippen MR) is 110 cm³/mol. The fourth-order valence-corrected chi connectivity index (χ4v) is 4.07. The van der Waals surface area contributed by atoms with Crippen LogP contribution in [0, 0.1) is 5.92 Å². The number of unbranched alkanes of at least 4 members (excludes halogenated alkanes) is 2. The zero-order chi connectivity index (χ0) is 17.5. The number of hydrogen-bond donors (Lipinski definition) is 0. The molecule has 1 unspecified atom stereocenters. The van der Waals surface area contributed by atoms with Crippen LogP contribution in [0.15, 0.2) is 55.1 Å². The number of hydrogen-bond acceptors (Lipinski definition) is 0. The molecule has 0 amide bonds. The summed E-state index contributed by atoms with van der Waals surface area (Å²) in [5.74, 6) is 0.911. The Morgan fingerprint density at radius 1 is 1.00 bits per heavy atom. The van der Waals surface area contributed by atoms with Gasteiger partial charge in [-0.15, -0.1) is 6.58 Å². The zero-order valence-corrected chi connectivity index (χ0v) is 15.8. The van der Waals surface area contributed by atoms with Crippen molar-refractivity contribution in [3.8, 4) is 11.1 Å². The first-order valence-corrected chi connectivity index (χ1v) is 10.1. The van der Waals surface area contributed by atoms with Gasteiger partial charge in [-0.1, -0.05) is 81.1 Å². The third-order valence-corrected chi connectivity index (χ3v) is 5.68. The van der Waals surface area contributed by atoms with Crippen LogP contribution >= 0.6 is 0 Å². The van der Waals surface area contributed by atoms with Gasteiger partial charge in [0.25, 0.3) is 0 Å². The monoisotopic (exact) mass is 332 g/mol. The molecule has 25 heavy (non-hydrogen) atoms. The Labute approximate surface area is 154 Å². The van der Waals surface area contributed by atoms with E-state index < -0.39 is 0 Å². The minimum Gasteiger partial charge on any atom is -0.103 e. The number of fused-ring (bicyclic) bond motifs is 1. The van der Waals surface area contributed by atoms with Crippen LogP contribution < -0.4 is 0 Å². The molecule has 0 radical (unpaired) electrons. The summed E-state index contributed by atoms with van der Waals surface area (Å²) in [6, 6.07) is 16.2. The molecule has 0 aliphatic heterocycles. The van der Waals surface area contributed by atoms with Crippen molar-refractivity contribution in [2.24, 2.45) is 5.92 Å². The Morgan fingerprint density at radius 2 is 1.80 bits per heavy atom. The van der Waals surface area contributed by atoms with Crippen molar-refractivity contribution in [3.05, 3.63) is 71.8 Å². The summed E-state index contributed by atoms with van der Waals surface area (Å²) in [6.45, 7) is 6.10. The van der Waals surface area contributed by atoms with Crippen molar-refractivity contribution in [3.63, 3.8) is 0 Å². The number of rotatable bonds is 8. The summed E-state index contributed by atoms with van der Waals surface area (Å²) >= 11 is 0. The summed E-state index contributed by atoms with van der Waals surface area (Å²) in [7, 11) is 0. The van der Waals surface area contributed by atoms with Crippen molar-refractivity contribution >= 4 is 0 Å². The zero-order valence-electron chi connectivity index (χ0n) is 15.8. The van der Waals surface area contributed by atoms with Gasteiger partial charge < -0.3 is 0 Å². The Balaban J connectivity index is 1.66. The maximum absolute atomic E-state index is 3.81. The lowest BCUT2D eigenvalue weighted by Crippen LogP contribution is -2.14. The van der Waals surface area contributed by atoms with Crippen LogP contribution in [0.3, 0.4) is 0 Å². The summed E-state index contributed by atoms with van der Waals surface area (Å²) in [6.07, 6.45) is 13.6. The highest BCUT2D eigenvalue weighted by atomic mass is 14.2. The highest BCUT2D eigenvalue weighted by molar-refractivity contribution is 5.65. The molecule has 0 nitrogen and oxygen atoms in total. The maximum Gasteiger partial charge on any atom is -0.0181 e. The van der Waals surface area contributed by atoms with Gasteiger partial charge in [-0.3, -0.25) is 0 Å². The van der Waals surface area contributed by atoms with E-state index in [1.54, 1.807) is 11.1 Å². The van der Waals surface area contributed by atoms with Gasteiger partial charge in [-0.25, -0.2) is 0 Å². The molecule has 3 rings (SSSR count). The Morgan fingerprint density at radius 3 is 2.56 bits per heavy atom. The molecule has 0 saturated heterocycles. The molecule has 0 heteroatoms. The number of aryl methyl sites for hydroxylation is 2. The topological polar surface area (TPSA) is 0 Å². The van der Waals surface area contributed by atoms with E-state index in [2.05, 4.69) is 56.0 Å². The van der Waals surface area contributed by atoms with E-state index in [0.29, 0.717) is 0 Å². The van der Waals surface area contributed by atoms with Gasteiger partial charge in [-0.05, 0) is 65.8 Å². The second-order valence-corrected chi connectivity index (χ2v) is 7.61. The molecule has 2 aromatic carbocycles. The number of benzene rings is 2. The van der Waals surface area contributed by atoms with E-state index in [-0.39, 0.29) is 0 Å². The van der Waals surface area contributed by atoms with E-state index in [1.165, 1.54) is 61.6 Å². The molecule has 2 aromatic rings. The van der Waals surface area contributed by atoms with E-state index >= 15 is 0 Å². The predicted octanol–water partition coefficient (Wildman–Crippen LogP) is 7.16. The van der Waals surface area contributed by atoms with Crippen molar-refractivity contribution < 1.29 is 0 Å². The van der Waals surface area contributed by atoms with Gasteiger partial charge in [0, 0.05) is 0 Å². The van der Waals surface area contributed by atoms with E-state index in [4.69, 9.17) is 0 Å². The summed E-state index contributed by atoms with van der Waals surface area (Å²) in [4.78, 5) is 0. The third kappa shape index (κ3) is 4.84. The lowest BCUT2D eigenvalue weighted by molar-refractivity contribution is 0.408. The molecular weight excluding hydrogens is 300 g/mol. The molecule has 1 aliphatic rings. The van der Waals surface area contributed by atoms with Gasteiger partial charge in [0.2, 0.25) is 0 Å². The lowest BCUT2D eigenvalue weighted by atomic mass is 9.80. The van der Waals surface area contributed by atoms with Gasteiger partial charge in [0.15, 0.2) is 0 Å². The van der Waals surface area contributed by atoms with Crippen molar-refractivity contribution in [1.29, 1.82) is 0 Å². The van der Waals surface area contributed by atoms with Crippen LogP contribution in [-0.2, 0) is 19.3 Å². The average Bonchev–Trinajstić information content (AvgIpc) is 2.66. The molecule has 1 aliphatic carbocycles. The summed E-state index contributed by atoms with van der Waals surface area (Å²) in [5, 5.41) is 0. The van der Waals surface area contributed by atoms with Gasteiger partial charge in [0.05, 0.1) is 0 Å². The van der Waals surface area contributed by atoms with Crippen LogP contribution in [-0.4, -0.2) is 0 Å². The molecular formula is C25H32. The molecule has 0 heterocycles. The molecule has 0 fully saturated rings. The van der Waals surface area contributed by atoms with E-state index in [0.717, 1.165) is 18.8 Å². The van der Waals surface area contributed by atoms with E-state index in [9.17, 15) is 0 Å². The third-order valence-electron chi connectivity index (χ3n) is 5.68. The van der Waals surface area contributed by atoms with Crippen LogP contribution in [0.2, 0.25) is 0 Å². The SMILES string of the molecule is C=CCCc1ccc(-c2ccc3c(c2)CCC(CCCCC)C3)cc1. The highest BCUT2D eigenvalue weighted by Crippen LogP contribution is 2.32. The van der Waals surface area contributed by atoms with E-state index in [1.807, 2.05) is 6.08 Å². The first-order chi connectivity index (χ1) is 12.3. The Bertz CT molecular complexity index is 678. The second-order valence-electron chi connectivity index (χ2n) is 7.61. The average molecular weight is 333 g/mol. The van der Waals surface area contributed by atoms with Gasteiger partial charge in [-0.2, -0.15) is 0 Å². The second kappa shape index (κ2) is 9.04. The molecule has 0 aromatic heterocycles. The van der Waals surface area contributed by atoms with Crippen LogP contribution in [0.5, 0.6) is 0 Å². The number of allylic oxidation sites excluding steroid dienone is 1. The van der Waals surface area contributed by atoms with Crippen molar-refractivity contribution in [2.45, 2.75) is 64.7 Å². The molecule has 0 saturated carbocycles. The van der Waals surface area contributed by atoms with Crippen LogP contribution in [0.1, 0.15) is 62.1 Å². The Hall–Kier alpha value is -1.82. The standard InChI is InChI=1S/C25H32/c1-3-5-7-9-21-12-15-25-19-24(17-16-23(25)18-21)22-13-10-20(11-14-22)8-6-4-2/h4,10-11,13-14,16-17,19,21H,2-3,5-9,12,15,18H2,1H3. The van der Waals surface area contributed by atoms with Crippen molar-refractivity contribution in [2.75, 3.05) is 0 Å². The van der Waals surface area contributed by atoms with Crippen molar-refractivity contribution in [1.82, 2.24) is 0 Å². The van der Waals surface area contributed by atoms with Gasteiger partial charge >= 0.3 is 0 Å². The summed E-state index contributed by atoms with van der Waals surface area (Å²) < 4.78 is 0. The smallest absolute Gasteiger partial charge is 0.0181 e. The minimum absolute atomic E-state index is 0.911. The fraction of sp³-hybridized carbons (Fsp3) is 0.440. The van der Waals surface area contributed by atoms with Gasteiger partial charge in [0.1, 0.15) is 0 Å². The Kier molecular flexibility index (Phi) is 6.50. The summed E-state index contributed by atoms with van der Waals surface area (Å²) in [5.41, 5.74) is 7.30. The molecule has 132 valence electrons.